The summed E-state index contributed by atoms with van der Waals surface area (Å²) in [5.74, 6) is 0. The number of unbranched alkanes of at least 4 members (excludes halogenated alkanes) is 8. The normalized spacial score (nSPS) is 11.1. The van der Waals surface area contributed by atoms with E-state index >= 15 is 0 Å². The van der Waals surface area contributed by atoms with E-state index in [9.17, 15) is 4.57 Å². The molecule has 0 aromatic rings. The molecule has 1 unspecified atom stereocenters. The molecule has 0 aromatic heterocycles. The van der Waals surface area contributed by atoms with Gasteiger partial charge >= 0.3 is 8.03 Å². The Morgan fingerprint density at radius 2 is 1.28 bits per heavy atom. The molecule has 0 saturated heterocycles. The molecule has 0 aliphatic heterocycles. The molecule has 0 bridgehead atoms. The molecule has 1 atom stereocenters. The molecule has 0 heterocycles. The van der Waals surface area contributed by atoms with Gasteiger partial charge in [0, 0.05) is 16.5 Å². The van der Waals surface area contributed by atoms with Gasteiger partial charge in [0.15, 0.2) is 6.16 Å². The monoisotopic (exact) mass is 319 g/mol. The fourth-order valence-corrected chi connectivity index (χ4v) is 2.72. The number of rotatable bonds is 13. The minimum Gasteiger partial charge on any atom is -0.146 e. The number of hydrogen-bond donors (Lipinski definition) is 0. The van der Waals surface area contributed by atoms with Crippen molar-refractivity contribution in [2.75, 3.05) is 12.8 Å². The van der Waals surface area contributed by atoms with Crippen molar-refractivity contribution in [3.63, 3.8) is 0 Å². The van der Waals surface area contributed by atoms with Crippen LogP contribution in [0.2, 0.25) is 0 Å². The Kier molecular flexibility index (Phi) is 20.3. The average Bonchev–Trinajstić information content (AvgIpc) is 2.33. The maximum atomic E-state index is 11.5. The van der Waals surface area contributed by atoms with Crippen LogP contribution >= 0.6 is 8.03 Å². The first-order valence-electron chi connectivity index (χ1n) is 7.38. The van der Waals surface area contributed by atoms with Crippen LogP contribution in [0, 0.1) is 0 Å². The molecular formula is C14H30NiO2P+. The molecule has 0 rings (SSSR count). The Morgan fingerprint density at radius 3 is 1.83 bits per heavy atom. The van der Waals surface area contributed by atoms with Gasteiger partial charge in [-0.05, 0) is 23.8 Å². The fourth-order valence-electron chi connectivity index (χ4n) is 1.78. The molecule has 4 heteroatoms. The maximum Gasteiger partial charge on any atom is 0.508 e. The Labute approximate surface area is 124 Å². The zero-order valence-electron chi connectivity index (χ0n) is 12.1. The SMILES string of the molecule is CCCCCCCO[P+](=O)CCCCCCC.[Ni]. The van der Waals surface area contributed by atoms with E-state index in [1.807, 2.05) is 0 Å². The Bertz CT molecular complexity index is 177. The van der Waals surface area contributed by atoms with Gasteiger partial charge in [-0.25, -0.2) is 0 Å². The van der Waals surface area contributed by atoms with Gasteiger partial charge in [0.2, 0.25) is 0 Å². The standard InChI is InChI=1S/C14H30O2P.Ni/c1-3-5-7-9-11-13-16-17(15)14-12-10-8-6-4-2;/h3-14H2,1-2H3;/q+1;. The summed E-state index contributed by atoms with van der Waals surface area (Å²) in [4.78, 5) is 0. The van der Waals surface area contributed by atoms with Crippen molar-refractivity contribution in [3.8, 4) is 0 Å². The Balaban J connectivity index is 0. The first kappa shape index (κ1) is 20.9. The second-order valence-corrected chi connectivity index (χ2v) is 6.09. The van der Waals surface area contributed by atoms with Crippen LogP contribution in [0.4, 0.5) is 0 Å². The van der Waals surface area contributed by atoms with Crippen LogP contribution < -0.4 is 0 Å². The van der Waals surface area contributed by atoms with Crippen LogP contribution in [0.1, 0.15) is 78.1 Å². The van der Waals surface area contributed by atoms with E-state index < -0.39 is 8.03 Å². The molecule has 0 amide bonds. The molecule has 2 nitrogen and oxygen atoms in total. The van der Waals surface area contributed by atoms with Crippen LogP contribution in [0.15, 0.2) is 0 Å². The quantitative estimate of drug-likeness (QED) is 0.248. The maximum absolute atomic E-state index is 11.5. The van der Waals surface area contributed by atoms with E-state index in [2.05, 4.69) is 13.8 Å². The van der Waals surface area contributed by atoms with Crippen molar-refractivity contribution >= 4 is 8.03 Å². The van der Waals surface area contributed by atoms with E-state index in [-0.39, 0.29) is 16.5 Å². The molecule has 0 spiro atoms. The van der Waals surface area contributed by atoms with Crippen molar-refractivity contribution < 1.29 is 25.6 Å². The molecular weight excluding hydrogens is 290 g/mol. The summed E-state index contributed by atoms with van der Waals surface area (Å²) in [5, 5.41) is 0. The van der Waals surface area contributed by atoms with Gasteiger partial charge in [-0.1, -0.05) is 58.8 Å². The molecule has 0 fully saturated rings. The molecule has 0 radical (unpaired) electrons. The van der Waals surface area contributed by atoms with Gasteiger partial charge < -0.3 is 0 Å². The first-order valence-corrected chi connectivity index (χ1v) is 8.75. The van der Waals surface area contributed by atoms with Gasteiger partial charge in [-0.15, -0.1) is 4.52 Å². The zero-order valence-corrected chi connectivity index (χ0v) is 13.9. The van der Waals surface area contributed by atoms with Crippen LogP contribution in [0.5, 0.6) is 0 Å². The van der Waals surface area contributed by atoms with E-state index in [4.69, 9.17) is 4.52 Å². The first-order chi connectivity index (χ1) is 8.31. The van der Waals surface area contributed by atoms with Crippen molar-refractivity contribution in [1.82, 2.24) is 0 Å². The second-order valence-electron chi connectivity index (χ2n) is 4.72. The summed E-state index contributed by atoms with van der Waals surface area (Å²) in [6.07, 6.45) is 13.0. The summed E-state index contributed by atoms with van der Waals surface area (Å²) in [7, 11) is -1.38. The molecule has 0 aromatic carbocycles. The van der Waals surface area contributed by atoms with E-state index in [1.165, 1.54) is 51.4 Å². The van der Waals surface area contributed by atoms with Gasteiger partial charge in [-0.2, -0.15) is 0 Å². The van der Waals surface area contributed by atoms with E-state index in [1.54, 1.807) is 0 Å². The third-order valence-electron chi connectivity index (χ3n) is 2.93. The van der Waals surface area contributed by atoms with Crippen molar-refractivity contribution in [2.24, 2.45) is 0 Å². The van der Waals surface area contributed by atoms with Gasteiger partial charge in [0.1, 0.15) is 6.61 Å². The molecule has 0 aliphatic carbocycles. The third kappa shape index (κ3) is 16.6. The second kappa shape index (κ2) is 17.6. The smallest absolute Gasteiger partial charge is 0.146 e. The summed E-state index contributed by atoms with van der Waals surface area (Å²) in [6, 6.07) is 0. The van der Waals surface area contributed by atoms with Gasteiger partial charge in [0.05, 0.1) is 0 Å². The van der Waals surface area contributed by atoms with Crippen LogP contribution in [0.25, 0.3) is 0 Å². The van der Waals surface area contributed by atoms with E-state index in [0.29, 0.717) is 6.61 Å². The minimum atomic E-state index is -1.38. The molecule has 0 aliphatic rings. The largest absolute Gasteiger partial charge is 0.508 e. The summed E-state index contributed by atoms with van der Waals surface area (Å²) < 4.78 is 16.8. The van der Waals surface area contributed by atoms with Crippen LogP contribution in [0.3, 0.4) is 0 Å². The average molecular weight is 320 g/mol. The van der Waals surface area contributed by atoms with E-state index in [0.717, 1.165) is 19.0 Å². The molecule has 0 N–H and O–H groups in total. The van der Waals surface area contributed by atoms with Gasteiger partial charge in [0.25, 0.3) is 0 Å². The topological polar surface area (TPSA) is 26.3 Å². The minimum absolute atomic E-state index is 0. The summed E-state index contributed by atoms with van der Waals surface area (Å²) in [5.41, 5.74) is 0. The Hall–Kier alpha value is 0.554. The Morgan fingerprint density at radius 1 is 0.778 bits per heavy atom. The molecule has 0 saturated carbocycles. The predicted octanol–water partition coefficient (Wildman–Crippen LogP) is 5.68. The number of hydrogen-bond acceptors (Lipinski definition) is 2. The van der Waals surface area contributed by atoms with Gasteiger partial charge in [-0.3, -0.25) is 0 Å². The molecule has 112 valence electrons. The molecule has 18 heavy (non-hydrogen) atoms. The van der Waals surface area contributed by atoms with Crippen molar-refractivity contribution in [1.29, 1.82) is 0 Å². The van der Waals surface area contributed by atoms with Crippen molar-refractivity contribution in [3.05, 3.63) is 0 Å². The summed E-state index contributed by atoms with van der Waals surface area (Å²) in [6.45, 7) is 5.11. The summed E-state index contributed by atoms with van der Waals surface area (Å²) >= 11 is 0. The predicted molar refractivity (Wildman–Crippen MR) is 75.9 cm³/mol. The van der Waals surface area contributed by atoms with Crippen LogP contribution in [-0.4, -0.2) is 12.8 Å². The third-order valence-corrected chi connectivity index (χ3v) is 4.08. The van der Waals surface area contributed by atoms with Crippen molar-refractivity contribution in [2.45, 2.75) is 78.1 Å². The zero-order chi connectivity index (χ0) is 12.8. The fraction of sp³-hybridized carbons (Fsp3) is 1.00. The van der Waals surface area contributed by atoms with Crippen LogP contribution in [-0.2, 0) is 25.6 Å².